The van der Waals surface area contributed by atoms with Crippen molar-refractivity contribution < 1.29 is 4.79 Å². The molecule has 146 valence electrons. The van der Waals surface area contributed by atoms with Gasteiger partial charge in [0.2, 0.25) is 0 Å². The first kappa shape index (κ1) is 21.0. The third-order valence-electron chi connectivity index (χ3n) is 4.85. The number of rotatable bonds is 9. The van der Waals surface area contributed by atoms with Crippen LogP contribution in [0, 0.1) is 0 Å². The van der Waals surface area contributed by atoms with E-state index < -0.39 is 0 Å². The van der Waals surface area contributed by atoms with Gasteiger partial charge in [0.25, 0.3) is 5.91 Å². The van der Waals surface area contributed by atoms with E-state index in [0.717, 1.165) is 50.9 Å². The van der Waals surface area contributed by atoms with Gasteiger partial charge in [-0.15, -0.1) is 0 Å². The highest BCUT2D eigenvalue weighted by atomic mass is 16.1. The van der Waals surface area contributed by atoms with Crippen LogP contribution in [-0.2, 0) is 0 Å². The van der Waals surface area contributed by atoms with Crippen molar-refractivity contribution in [3.05, 3.63) is 72.0 Å². The minimum absolute atomic E-state index is 0.0455. The Morgan fingerprint density at radius 1 is 1.19 bits per heavy atom. The van der Waals surface area contributed by atoms with Crippen LogP contribution in [0.25, 0.3) is 0 Å². The van der Waals surface area contributed by atoms with Crippen molar-refractivity contribution in [1.29, 1.82) is 0 Å². The van der Waals surface area contributed by atoms with Crippen LogP contribution in [0.3, 0.4) is 0 Å². The molecule has 0 radical (unpaired) electrons. The van der Waals surface area contributed by atoms with Gasteiger partial charge in [-0.3, -0.25) is 4.79 Å². The third kappa shape index (κ3) is 8.27. The minimum atomic E-state index is 0.0455. The normalized spacial score (nSPS) is 16.9. The van der Waals surface area contributed by atoms with Gasteiger partial charge in [0.15, 0.2) is 0 Å². The molecule has 0 bridgehead atoms. The van der Waals surface area contributed by atoms with E-state index in [9.17, 15) is 4.79 Å². The molecule has 4 heteroatoms. The molecule has 1 heterocycles. The minimum Gasteiger partial charge on any atom is -0.394 e. The quantitative estimate of drug-likeness (QED) is 0.651. The highest BCUT2D eigenvalue weighted by Crippen LogP contribution is 2.13. The molecule has 0 spiro atoms. The van der Waals surface area contributed by atoms with E-state index >= 15 is 0 Å². The fourth-order valence-electron chi connectivity index (χ4n) is 3.15. The molecule has 1 saturated heterocycles. The molecule has 0 aromatic heterocycles. The van der Waals surface area contributed by atoms with Crippen LogP contribution in [0.2, 0.25) is 0 Å². The molecular weight excluding hydrogens is 334 g/mol. The van der Waals surface area contributed by atoms with Gasteiger partial charge in [0.1, 0.15) is 0 Å². The summed E-state index contributed by atoms with van der Waals surface area (Å²) in [4.78, 5) is 14.7. The maximum absolute atomic E-state index is 12.2. The zero-order valence-corrected chi connectivity index (χ0v) is 16.7. The van der Waals surface area contributed by atoms with Gasteiger partial charge in [-0.1, -0.05) is 48.1 Å². The summed E-state index contributed by atoms with van der Waals surface area (Å²) >= 11 is 0. The fourth-order valence-corrected chi connectivity index (χ4v) is 3.15. The van der Waals surface area contributed by atoms with Crippen LogP contribution in [0.15, 0.2) is 66.4 Å². The van der Waals surface area contributed by atoms with E-state index in [-0.39, 0.29) is 5.91 Å². The zero-order valence-electron chi connectivity index (χ0n) is 16.7. The van der Waals surface area contributed by atoms with Crippen molar-refractivity contribution in [1.82, 2.24) is 15.5 Å². The number of nitrogens with one attached hydrogen (secondary N) is 2. The molecule has 0 unspecified atom stereocenters. The predicted molar refractivity (Wildman–Crippen MR) is 114 cm³/mol. The van der Waals surface area contributed by atoms with Crippen LogP contribution < -0.4 is 10.6 Å². The molecule has 1 aromatic rings. The van der Waals surface area contributed by atoms with Crippen molar-refractivity contribution in [3.8, 4) is 0 Å². The molecule has 1 aliphatic rings. The first-order chi connectivity index (χ1) is 13.2. The number of likely N-dealkylation sites (tertiary alicyclic amines) is 1. The lowest BCUT2D eigenvalue weighted by molar-refractivity contribution is 0.0911. The Bertz CT molecular complexity index is 641. The molecule has 2 N–H and O–H groups in total. The van der Waals surface area contributed by atoms with Crippen LogP contribution in [0.4, 0.5) is 0 Å². The molecule has 27 heavy (non-hydrogen) atoms. The smallest absolute Gasteiger partial charge is 0.251 e. The van der Waals surface area contributed by atoms with E-state index in [2.05, 4.69) is 46.8 Å². The Morgan fingerprint density at radius 3 is 2.63 bits per heavy atom. The van der Waals surface area contributed by atoms with Crippen LogP contribution in [-0.4, -0.2) is 43.5 Å². The summed E-state index contributed by atoms with van der Waals surface area (Å²) in [6.07, 6.45) is 14.7. The molecule has 4 nitrogen and oxygen atoms in total. The summed E-state index contributed by atoms with van der Waals surface area (Å²) in [6.45, 7) is 5.39. The Hall–Kier alpha value is -2.33. The van der Waals surface area contributed by atoms with Gasteiger partial charge in [-0.05, 0) is 50.9 Å². The van der Waals surface area contributed by atoms with E-state index in [1.807, 2.05) is 43.6 Å². The SMILES string of the molecule is CN/C=C/CC=C/C=C(\C)CCN1CCC(NC(=O)c2ccccc2)CC1. The van der Waals surface area contributed by atoms with Gasteiger partial charge in [0, 0.05) is 38.3 Å². The van der Waals surface area contributed by atoms with Crippen LogP contribution >= 0.6 is 0 Å². The zero-order chi connectivity index (χ0) is 19.3. The summed E-state index contributed by atoms with van der Waals surface area (Å²) in [5.74, 6) is 0.0455. The number of hydrogen-bond acceptors (Lipinski definition) is 3. The molecule has 1 amide bonds. The Morgan fingerprint density at radius 2 is 1.93 bits per heavy atom. The second kappa shape index (κ2) is 12.1. The largest absolute Gasteiger partial charge is 0.394 e. The van der Waals surface area contributed by atoms with Crippen LogP contribution in [0.5, 0.6) is 0 Å². The number of hydrogen-bond donors (Lipinski definition) is 2. The predicted octanol–water partition coefficient (Wildman–Crippen LogP) is 3.90. The monoisotopic (exact) mass is 367 g/mol. The Labute approximate surface area is 164 Å². The van der Waals surface area contributed by atoms with E-state index in [0.29, 0.717) is 6.04 Å². The van der Waals surface area contributed by atoms with E-state index in [4.69, 9.17) is 0 Å². The first-order valence-corrected chi connectivity index (χ1v) is 9.92. The van der Waals surface area contributed by atoms with Gasteiger partial charge >= 0.3 is 0 Å². The van der Waals surface area contributed by atoms with Gasteiger partial charge in [-0.2, -0.15) is 0 Å². The lowest BCUT2D eigenvalue weighted by Gasteiger charge is -2.32. The van der Waals surface area contributed by atoms with Crippen molar-refractivity contribution in [2.24, 2.45) is 0 Å². The summed E-state index contributed by atoms with van der Waals surface area (Å²) in [7, 11) is 1.91. The molecule has 1 aliphatic heterocycles. The van der Waals surface area contributed by atoms with E-state index in [1.54, 1.807) is 0 Å². The lowest BCUT2D eigenvalue weighted by Crippen LogP contribution is -2.44. The maximum atomic E-state index is 12.2. The highest BCUT2D eigenvalue weighted by Gasteiger charge is 2.20. The summed E-state index contributed by atoms with van der Waals surface area (Å²) in [5.41, 5.74) is 2.15. The molecule has 1 aromatic carbocycles. The molecule has 2 rings (SSSR count). The van der Waals surface area contributed by atoms with Gasteiger partial charge in [0.05, 0.1) is 0 Å². The second-order valence-electron chi connectivity index (χ2n) is 7.07. The number of carbonyl (C=O) groups is 1. The molecule has 0 saturated carbocycles. The highest BCUT2D eigenvalue weighted by molar-refractivity contribution is 5.94. The van der Waals surface area contributed by atoms with Gasteiger partial charge in [-0.25, -0.2) is 0 Å². The topological polar surface area (TPSA) is 44.4 Å². The van der Waals surface area contributed by atoms with Crippen molar-refractivity contribution in [2.45, 2.75) is 38.6 Å². The second-order valence-corrected chi connectivity index (χ2v) is 7.07. The molecular formula is C23H33N3O. The Kier molecular flexibility index (Phi) is 9.42. The lowest BCUT2D eigenvalue weighted by atomic mass is 10.0. The molecule has 1 fully saturated rings. The summed E-state index contributed by atoms with van der Waals surface area (Å²) < 4.78 is 0. The van der Waals surface area contributed by atoms with Gasteiger partial charge < -0.3 is 15.5 Å². The number of nitrogens with zero attached hydrogens (tertiary/aromatic N) is 1. The van der Waals surface area contributed by atoms with E-state index in [1.165, 1.54) is 5.57 Å². The number of benzene rings is 1. The third-order valence-corrected chi connectivity index (χ3v) is 4.85. The fraction of sp³-hybridized carbons (Fsp3) is 0.435. The van der Waals surface area contributed by atoms with Crippen molar-refractivity contribution in [3.63, 3.8) is 0 Å². The van der Waals surface area contributed by atoms with Crippen molar-refractivity contribution in [2.75, 3.05) is 26.7 Å². The standard InChI is InChI=1S/C23H33N3O/c1-20(10-6-3-4-9-16-24-2)13-17-26-18-14-22(15-19-26)25-23(27)21-11-7-5-8-12-21/h3,5-12,16,22,24H,4,13-15,17-19H2,1-2H3,(H,25,27)/b6-3?,16-9+,20-10+. The van der Waals surface area contributed by atoms with Crippen LogP contribution in [0.1, 0.15) is 43.0 Å². The summed E-state index contributed by atoms with van der Waals surface area (Å²) in [5, 5.41) is 6.16. The Balaban J connectivity index is 1.64. The number of allylic oxidation sites excluding steroid dienone is 4. The average molecular weight is 368 g/mol. The molecule has 0 atom stereocenters. The number of carbonyl (C=O) groups excluding carboxylic acids is 1. The number of piperidine rings is 1. The molecule has 0 aliphatic carbocycles. The number of amides is 1. The van der Waals surface area contributed by atoms with Crippen molar-refractivity contribution >= 4 is 5.91 Å². The maximum Gasteiger partial charge on any atom is 0.251 e. The summed E-state index contributed by atoms with van der Waals surface area (Å²) in [6, 6.07) is 9.76. The average Bonchev–Trinajstić information content (AvgIpc) is 2.70. The first-order valence-electron chi connectivity index (χ1n) is 9.92.